The number of benzene rings is 4. The van der Waals surface area contributed by atoms with E-state index in [9.17, 15) is 61.0 Å². The van der Waals surface area contributed by atoms with E-state index in [1.54, 1.807) is 36.4 Å². The van der Waals surface area contributed by atoms with Crippen LogP contribution >= 0.6 is 90.4 Å². The second-order valence-electron chi connectivity index (χ2n) is 22.5. The second-order valence-corrected chi connectivity index (χ2v) is 27.5. The summed E-state index contributed by atoms with van der Waals surface area (Å²) in [5, 5.41) is 30.1. The molecule has 0 spiro atoms. The third-order valence-electron chi connectivity index (χ3n) is 15.4. The fraction of sp³-hybridized carbons (Fsp3) is 0.212. The van der Waals surface area contributed by atoms with Crippen LogP contribution in [0.25, 0.3) is 44.1 Å². The van der Waals surface area contributed by atoms with Crippen molar-refractivity contribution in [2.24, 2.45) is 45.4 Å². The Balaban J connectivity index is 0.000000162. The number of rotatable bonds is 20. The summed E-state index contributed by atoms with van der Waals surface area (Å²) in [5.41, 5.74) is 14.9. The van der Waals surface area contributed by atoms with Crippen molar-refractivity contribution in [1.29, 1.82) is 0 Å². The van der Waals surface area contributed by atoms with Crippen LogP contribution in [0, 0.1) is 37.5 Å². The summed E-state index contributed by atoms with van der Waals surface area (Å²) < 4.78 is 69.1. The van der Waals surface area contributed by atoms with Gasteiger partial charge in [-0.15, -0.1) is 9.46 Å². The monoisotopic (exact) mass is 1900 g/mol. The lowest BCUT2D eigenvalue weighted by atomic mass is 10.2. The molecule has 0 aliphatic heterocycles. The summed E-state index contributed by atoms with van der Waals surface area (Å²) in [4.78, 5) is 127. The molecule has 105 heavy (non-hydrogen) atoms. The molecule has 0 bridgehead atoms. The molecule has 0 fully saturated rings. The third-order valence-corrected chi connectivity index (χ3v) is 18.0. The first-order valence-corrected chi connectivity index (χ1v) is 35.3. The molecule has 12 N–H and O–H groups in total. The predicted molar refractivity (Wildman–Crippen MR) is 422 cm³/mol. The van der Waals surface area contributed by atoms with Gasteiger partial charge in [0.15, 0.2) is 22.6 Å². The van der Waals surface area contributed by atoms with Gasteiger partial charge in [-0.25, -0.2) is 37.5 Å². The van der Waals surface area contributed by atoms with Crippen LogP contribution in [-0.4, -0.2) is 113 Å². The Labute approximate surface area is 643 Å². The van der Waals surface area contributed by atoms with E-state index in [4.69, 9.17) is 32.0 Å². The summed E-state index contributed by atoms with van der Waals surface area (Å²) in [6, 6.07) is 23.2. The molecule has 0 aliphatic carbocycles. The maximum Gasteiger partial charge on any atom is 0.297 e. The van der Waals surface area contributed by atoms with Crippen molar-refractivity contribution >= 4 is 180 Å². The van der Waals surface area contributed by atoms with Gasteiger partial charge in [0.2, 0.25) is 0 Å². The molecule has 0 amide bonds. The normalized spacial score (nSPS) is 11.3. The first-order chi connectivity index (χ1) is 50.1. The summed E-state index contributed by atoms with van der Waals surface area (Å²) in [6.07, 6.45) is 4.42. The Morgan fingerprint density at radius 1 is 0.419 bits per heavy atom. The molecular formula is C66H63F4I4N19O12. The summed E-state index contributed by atoms with van der Waals surface area (Å²) >= 11 is 7.96. The van der Waals surface area contributed by atoms with Gasteiger partial charge in [-0.1, -0.05) is 0 Å². The summed E-state index contributed by atoms with van der Waals surface area (Å²) in [5.74, 6) is -2.01. The molecule has 12 rings (SSSR count). The minimum atomic E-state index is -1.18. The Morgan fingerprint density at radius 2 is 0.724 bits per heavy atom. The minimum absolute atomic E-state index is 0.000961. The fourth-order valence-electron chi connectivity index (χ4n) is 9.98. The van der Waals surface area contributed by atoms with Crippen LogP contribution in [0.3, 0.4) is 0 Å². The fourth-order valence-corrected chi connectivity index (χ4v) is 11.8. The minimum Gasteiger partial charge on any atom is -0.408 e. The average Bonchev–Trinajstić information content (AvgIpc) is 0.785. The molecule has 0 saturated heterocycles. The zero-order valence-electron chi connectivity index (χ0n) is 55.6. The maximum absolute atomic E-state index is 14.2. The van der Waals surface area contributed by atoms with Crippen molar-refractivity contribution in [3.63, 3.8) is 0 Å². The highest BCUT2D eigenvalue weighted by atomic mass is 127. The van der Waals surface area contributed by atoms with Gasteiger partial charge >= 0.3 is 0 Å². The van der Waals surface area contributed by atoms with Crippen molar-refractivity contribution in [2.45, 2.75) is 25.6 Å². The van der Waals surface area contributed by atoms with Crippen LogP contribution in [0.1, 0.15) is 6.42 Å². The second kappa shape index (κ2) is 35.5. The Kier molecular flexibility index (Phi) is 26.9. The standard InChI is InChI=1S/C17H17FIN5O2.C17H16FIN4O5.C16H15FIN5O3.C16H15FIN5O2/c1-23-14(25)8-13(22-12-4-3-10(19)7-11(12)18)15-16(23)21-9-24(17(15)26)6-2-5-20;1-22-14(26)5-13(21-12-3-2-9(19)4-11(12)18)15-16(22)20-8-23(17(15)27)28-7-10(25)6-24;1-22-13(24)7-12(21-11-3-2-9(18)6-10(11)17)14-15(22)20-8-23(16(14)25)26-5-4-19;1-22-13(24)7-12(21-11-3-2-9(18)6-10(11)17)14-15(22)20-8-23(5-4-19)16(14)25/h3-4,7-9,22H,2,5-6,20H2,1H3;2-5,8,10,21,24-25H,6-7H2,1H3;2-3,6-8,21H,4-5,19H2,1H3;2-3,6-8,21H,4-5,19H2,1H3/t;10-;;/m.0../s1. The number of nitrogens with two attached hydrogens (primary N) is 3. The van der Waals surface area contributed by atoms with Crippen molar-refractivity contribution in [3.8, 4) is 0 Å². The largest absolute Gasteiger partial charge is 0.408 e. The van der Waals surface area contributed by atoms with Crippen molar-refractivity contribution in [1.82, 2.24) is 56.8 Å². The third kappa shape index (κ3) is 18.6. The van der Waals surface area contributed by atoms with E-state index < -0.39 is 58.2 Å². The van der Waals surface area contributed by atoms with E-state index in [2.05, 4.69) is 41.2 Å². The molecule has 550 valence electrons. The summed E-state index contributed by atoms with van der Waals surface area (Å²) in [7, 11) is 6.01. The molecular weight excluding hydrogens is 1830 g/mol. The molecule has 0 aliphatic rings. The van der Waals surface area contributed by atoms with E-state index in [0.717, 1.165) is 32.6 Å². The van der Waals surface area contributed by atoms with E-state index in [0.29, 0.717) is 29.6 Å². The van der Waals surface area contributed by atoms with Gasteiger partial charge < -0.3 is 58.4 Å². The molecule has 0 unspecified atom stereocenters. The van der Waals surface area contributed by atoms with Gasteiger partial charge in [-0.2, -0.15) is 0 Å². The van der Waals surface area contributed by atoms with Crippen LogP contribution in [0.4, 0.5) is 63.1 Å². The molecule has 12 aromatic rings. The quantitative estimate of drug-likeness (QED) is 0.0365. The molecule has 31 nitrogen and oxygen atoms in total. The lowest BCUT2D eigenvalue weighted by Gasteiger charge is -2.15. The van der Waals surface area contributed by atoms with Crippen LogP contribution in [0.2, 0.25) is 0 Å². The Hall–Kier alpha value is -9.52. The molecule has 0 radical (unpaired) electrons. The Bertz CT molecular complexity index is 5640. The number of nitrogens with one attached hydrogen (secondary N) is 4. The topological polar surface area (TPSA) is 413 Å². The molecule has 4 aromatic carbocycles. The highest BCUT2D eigenvalue weighted by Crippen LogP contribution is 2.29. The van der Waals surface area contributed by atoms with Crippen molar-refractivity contribution in [3.05, 3.63) is 243 Å². The number of anilines is 8. The van der Waals surface area contributed by atoms with Gasteiger partial charge in [-0.3, -0.25) is 65.8 Å². The van der Waals surface area contributed by atoms with Crippen LogP contribution in [0.5, 0.6) is 0 Å². The van der Waals surface area contributed by atoms with Gasteiger partial charge in [0.1, 0.15) is 76.8 Å². The molecule has 39 heteroatoms. The number of halogens is 8. The Morgan fingerprint density at radius 3 is 1.02 bits per heavy atom. The van der Waals surface area contributed by atoms with E-state index >= 15 is 0 Å². The number of aliphatic hydroxyl groups is 2. The number of fused-ring (bicyclic) bond motifs is 4. The van der Waals surface area contributed by atoms with Crippen molar-refractivity contribution < 1.29 is 37.4 Å². The van der Waals surface area contributed by atoms with Gasteiger partial charge in [-0.05, 0) is 176 Å². The van der Waals surface area contributed by atoms with Crippen LogP contribution in [0.15, 0.2) is 161 Å². The average molecular weight is 1900 g/mol. The molecule has 1 atom stereocenters. The van der Waals surface area contributed by atoms with Crippen LogP contribution in [-0.2, 0) is 41.3 Å². The summed E-state index contributed by atoms with van der Waals surface area (Å²) in [6.45, 7) is 0.877. The first kappa shape index (κ1) is 79.6. The zero-order valence-corrected chi connectivity index (χ0v) is 64.2. The van der Waals surface area contributed by atoms with Gasteiger partial charge in [0.05, 0.1) is 64.8 Å². The number of hydrogen-bond acceptors (Lipinski definition) is 23. The van der Waals surface area contributed by atoms with E-state index in [1.165, 1.54) is 129 Å². The lowest BCUT2D eigenvalue weighted by Crippen LogP contribution is -2.34. The van der Waals surface area contributed by atoms with E-state index in [1.807, 2.05) is 90.4 Å². The number of pyridine rings is 4. The number of nitrogens with zero attached hydrogens (tertiary/aromatic N) is 12. The molecule has 0 saturated carbocycles. The number of hydrogen-bond donors (Lipinski definition) is 9. The van der Waals surface area contributed by atoms with Crippen LogP contribution < -0.4 is 92.6 Å². The molecule has 8 aromatic heterocycles. The highest BCUT2D eigenvalue weighted by molar-refractivity contribution is 14.1. The maximum atomic E-state index is 14.2. The highest BCUT2D eigenvalue weighted by Gasteiger charge is 2.21. The SMILES string of the molecule is Cn1c(=O)cc(Nc2ccc(I)cc2F)c2c(=O)n(CCCN)cnc21.Cn1c(=O)cc(Nc2ccc(I)cc2F)c2c(=O)n(CCN)cnc21.Cn1c(=O)cc(Nc2ccc(I)cc2F)c2c(=O)n(OCCN)cnc21.Cn1c(=O)cc(Nc2ccc(I)cc2F)c2c(=O)n(OC[C@@H](O)CO)cnc21. The van der Waals surface area contributed by atoms with Gasteiger partial charge in [0, 0.05) is 92.9 Å². The number of aliphatic hydroxyl groups excluding tert-OH is 2. The number of aromatic nitrogens is 12. The number of aryl methyl sites for hydroxylation is 5. The van der Waals surface area contributed by atoms with Gasteiger partial charge in [0.25, 0.3) is 44.5 Å². The first-order valence-electron chi connectivity index (χ1n) is 31.0. The zero-order chi connectivity index (χ0) is 76.2. The predicted octanol–water partition coefficient (Wildman–Crippen LogP) is 4.81. The lowest BCUT2D eigenvalue weighted by molar-refractivity contribution is -0.00415. The van der Waals surface area contributed by atoms with E-state index in [-0.39, 0.29) is 138 Å². The smallest absolute Gasteiger partial charge is 0.297 e. The molecule has 8 heterocycles. The van der Waals surface area contributed by atoms with Crippen molar-refractivity contribution in [2.75, 3.05) is 60.7 Å².